The van der Waals surface area contributed by atoms with Gasteiger partial charge in [0.25, 0.3) is 0 Å². The van der Waals surface area contributed by atoms with Crippen molar-refractivity contribution < 1.29 is 9.59 Å². The van der Waals surface area contributed by atoms with Crippen LogP contribution in [0.2, 0.25) is 0 Å². The number of hydrogen-bond acceptors (Lipinski definition) is 10. The Balaban J connectivity index is 0.000000172. The summed E-state index contributed by atoms with van der Waals surface area (Å²) in [6.45, 7) is 21.7. The summed E-state index contributed by atoms with van der Waals surface area (Å²) < 4.78 is 0. The number of fused-ring (bicyclic) bond motifs is 4. The molecule has 56 heavy (non-hydrogen) atoms. The smallest absolute Gasteiger partial charge is 0.138 e. The molecule has 10 nitrogen and oxygen atoms in total. The minimum Gasteiger partial charge on any atom is -0.348 e. The van der Waals surface area contributed by atoms with Gasteiger partial charge in [-0.2, -0.15) is 0 Å². The summed E-state index contributed by atoms with van der Waals surface area (Å²) in [5.74, 6) is 6.47. The van der Waals surface area contributed by atoms with Crippen molar-refractivity contribution in [3.8, 4) is 0 Å². The molecule has 4 unspecified atom stereocenters. The van der Waals surface area contributed by atoms with Gasteiger partial charge in [-0.3, -0.25) is 14.6 Å². The predicted octanol–water partition coefficient (Wildman–Crippen LogP) is 8.46. The van der Waals surface area contributed by atoms with Crippen LogP contribution in [0, 0.1) is 17.8 Å². The average Bonchev–Trinajstić information content (AvgIpc) is 3.64. The first-order chi connectivity index (χ1) is 26.9. The molecule has 2 aromatic heterocycles. The summed E-state index contributed by atoms with van der Waals surface area (Å²) in [6.07, 6.45) is 20.7. The molecule has 8 rings (SSSR count). The number of Topliss-reactive ketones (excluding diaryl/α,β-unsaturated/α-hetero) is 1. The first kappa shape index (κ1) is 42.6. The Morgan fingerprint density at radius 1 is 0.589 bits per heavy atom. The fourth-order valence-corrected chi connectivity index (χ4v) is 10.3. The normalized spacial score (nSPS) is 28.4. The molecule has 310 valence electrons. The van der Waals surface area contributed by atoms with Gasteiger partial charge in [0.1, 0.15) is 35.4 Å². The van der Waals surface area contributed by atoms with E-state index >= 15 is 0 Å². The molecule has 4 bridgehead atoms. The van der Waals surface area contributed by atoms with Gasteiger partial charge in [-0.1, -0.05) is 47.0 Å². The number of carbonyl (C=O) groups excluding carboxylic acids is 2. The van der Waals surface area contributed by atoms with Crippen molar-refractivity contribution in [1.82, 2.24) is 29.7 Å². The summed E-state index contributed by atoms with van der Waals surface area (Å²) in [7, 11) is 0. The lowest BCUT2D eigenvalue weighted by molar-refractivity contribution is -0.126. The third-order valence-electron chi connectivity index (χ3n) is 13.6. The van der Waals surface area contributed by atoms with E-state index in [-0.39, 0.29) is 17.8 Å². The van der Waals surface area contributed by atoms with Crippen LogP contribution in [0.3, 0.4) is 0 Å². The Kier molecular flexibility index (Phi) is 15.0. The van der Waals surface area contributed by atoms with Crippen molar-refractivity contribution >= 4 is 23.7 Å². The number of carbonyl (C=O) groups is 2. The number of aldehydes is 1. The molecular weight excluding hydrogens is 697 g/mol. The molecule has 0 radical (unpaired) electrons. The Hall–Kier alpha value is -2.98. The zero-order chi connectivity index (χ0) is 39.9. The lowest BCUT2D eigenvalue weighted by atomic mass is 9.77. The number of ketones is 1. The molecule has 4 aliphatic heterocycles. The van der Waals surface area contributed by atoms with Crippen LogP contribution < -0.4 is 9.80 Å². The fraction of sp³-hybridized carbons (Fsp3) is 0.783. The first-order valence-electron chi connectivity index (χ1n) is 22.6. The summed E-state index contributed by atoms with van der Waals surface area (Å²) in [5.41, 5.74) is 0. The molecule has 10 heteroatoms. The molecule has 0 amide bonds. The van der Waals surface area contributed by atoms with Crippen LogP contribution in [0.1, 0.15) is 162 Å². The van der Waals surface area contributed by atoms with Crippen molar-refractivity contribution in [1.29, 1.82) is 0 Å². The summed E-state index contributed by atoms with van der Waals surface area (Å²) in [4.78, 5) is 51.6. The quantitative estimate of drug-likeness (QED) is 0.231. The summed E-state index contributed by atoms with van der Waals surface area (Å²) >= 11 is 0. The standard InChI is InChI=1S/C23H36N4O.C19H30N4.C4H8O/c1-15(2)22(28)17-5-7-18(8-6-17)23-24-12-11-21(25-23)27-19-9-10-20(27)14-26(13-19)16(3)4;1-14(2)22-12-16-8-9-17(13-22)23(16)18-10-11-20-19(21-18)15-6-4-3-5-7-15;1-4(2)3-5/h11-12,15-20H,5-10,13-14H2,1-4H3;10-11,14-17H,3-9,12-13H2,1-2H3;3-4H,1-2H3. The number of rotatable bonds is 9. The maximum Gasteiger partial charge on any atom is 0.138 e. The number of nitrogens with zero attached hydrogens (tertiary/aromatic N) is 8. The van der Waals surface area contributed by atoms with Gasteiger partial charge >= 0.3 is 0 Å². The number of piperazine rings is 2. The van der Waals surface area contributed by atoms with E-state index in [2.05, 4.69) is 69.4 Å². The minimum absolute atomic E-state index is 0.154. The van der Waals surface area contributed by atoms with Gasteiger partial charge in [-0.15, -0.1) is 0 Å². The highest BCUT2D eigenvalue weighted by Crippen LogP contribution is 2.39. The third kappa shape index (κ3) is 10.4. The van der Waals surface area contributed by atoms with Crippen molar-refractivity contribution in [2.45, 2.75) is 187 Å². The molecule has 2 aromatic rings. The van der Waals surface area contributed by atoms with Crippen LogP contribution >= 0.6 is 0 Å². The van der Waals surface area contributed by atoms with E-state index in [9.17, 15) is 9.59 Å². The highest BCUT2D eigenvalue weighted by molar-refractivity contribution is 5.82. The zero-order valence-electron chi connectivity index (χ0n) is 36.2. The summed E-state index contributed by atoms with van der Waals surface area (Å²) in [5, 5.41) is 0. The maximum absolute atomic E-state index is 12.3. The highest BCUT2D eigenvalue weighted by atomic mass is 16.1. The second kappa shape index (κ2) is 19.6. The molecule has 0 aromatic carbocycles. The Labute approximate surface area is 339 Å². The van der Waals surface area contributed by atoms with Gasteiger partial charge in [0.15, 0.2) is 0 Å². The molecule has 0 spiro atoms. The van der Waals surface area contributed by atoms with E-state index in [1.54, 1.807) is 0 Å². The van der Waals surface area contributed by atoms with Gasteiger partial charge in [0.05, 0.1) is 0 Å². The van der Waals surface area contributed by atoms with E-state index in [0.717, 1.165) is 62.5 Å². The molecule has 0 N–H and O–H groups in total. The fourth-order valence-electron chi connectivity index (χ4n) is 10.3. The molecule has 6 heterocycles. The highest BCUT2D eigenvalue weighted by Gasteiger charge is 2.43. The van der Waals surface area contributed by atoms with Crippen LogP contribution in [0.5, 0.6) is 0 Å². The van der Waals surface area contributed by atoms with Crippen LogP contribution in [0.15, 0.2) is 24.5 Å². The van der Waals surface area contributed by atoms with E-state index in [0.29, 0.717) is 53.9 Å². The topological polar surface area (TPSA) is 98.7 Å². The molecule has 6 fully saturated rings. The Morgan fingerprint density at radius 2 is 0.982 bits per heavy atom. The first-order valence-corrected chi connectivity index (χ1v) is 22.6. The van der Waals surface area contributed by atoms with Gasteiger partial charge in [0, 0.05) is 104 Å². The van der Waals surface area contributed by atoms with Crippen LogP contribution in [0.4, 0.5) is 11.6 Å². The molecule has 4 atom stereocenters. The van der Waals surface area contributed by atoms with Crippen LogP contribution in [-0.2, 0) is 9.59 Å². The number of anilines is 2. The second-order valence-electron chi connectivity index (χ2n) is 19.0. The zero-order valence-corrected chi connectivity index (χ0v) is 36.2. The molecule has 4 saturated heterocycles. The van der Waals surface area contributed by atoms with E-state index in [4.69, 9.17) is 9.97 Å². The number of hydrogen-bond donors (Lipinski definition) is 0. The van der Waals surface area contributed by atoms with E-state index in [1.165, 1.54) is 76.7 Å². The third-order valence-corrected chi connectivity index (χ3v) is 13.6. The molecule has 2 saturated carbocycles. The van der Waals surface area contributed by atoms with Gasteiger partial charge in [-0.25, -0.2) is 19.9 Å². The minimum atomic E-state index is 0.154. The van der Waals surface area contributed by atoms with Crippen LogP contribution in [0.25, 0.3) is 0 Å². The van der Waals surface area contributed by atoms with Gasteiger partial charge < -0.3 is 14.6 Å². The number of aromatic nitrogens is 4. The lowest BCUT2D eigenvalue weighted by Gasteiger charge is -2.43. The van der Waals surface area contributed by atoms with Crippen LogP contribution in [-0.4, -0.2) is 104 Å². The Morgan fingerprint density at radius 3 is 1.34 bits per heavy atom. The average molecular weight is 771 g/mol. The van der Waals surface area contributed by atoms with Gasteiger partial charge in [-0.05, 0) is 104 Å². The van der Waals surface area contributed by atoms with E-state index < -0.39 is 0 Å². The van der Waals surface area contributed by atoms with Crippen molar-refractivity contribution in [3.63, 3.8) is 0 Å². The van der Waals surface area contributed by atoms with Crippen molar-refractivity contribution in [3.05, 3.63) is 36.2 Å². The van der Waals surface area contributed by atoms with Crippen molar-refractivity contribution in [2.24, 2.45) is 17.8 Å². The SMILES string of the molecule is CC(C)C(=O)C1CCC(c2nccc(N3C4CCC3CN(C(C)C)C4)n2)CC1.CC(C)C=O.CC(C)N1CC2CCC(C1)N2c1ccnc(C2CCCCC2)n1. The molecule has 2 aliphatic carbocycles. The predicted molar refractivity (Wildman–Crippen MR) is 227 cm³/mol. The van der Waals surface area contributed by atoms with E-state index in [1.807, 2.05) is 40.1 Å². The second-order valence-corrected chi connectivity index (χ2v) is 19.0. The molecule has 6 aliphatic rings. The lowest BCUT2D eigenvalue weighted by Crippen LogP contribution is -2.55. The van der Waals surface area contributed by atoms with Crippen molar-refractivity contribution in [2.75, 3.05) is 36.0 Å². The number of likely N-dealkylation sites (tertiary alicyclic amines) is 2. The Bertz CT molecular complexity index is 1520. The van der Waals surface area contributed by atoms with Gasteiger partial charge in [0.2, 0.25) is 0 Å². The largest absolute Gasteiger partial charge is 0.348 e. The summed E-state index contributed by atoms with van der Waals surface area (Å²) in [6, 6.07) is 7.98. The maximum atomic E-state index is 12.3. The molecular formula is C46H74N8O2. The monoisotopic (exact) mass is 771 g/mol.